The molecule has 1 saturated heterocycles. The fraction of sp³-hybridized carbons (Fsp3) is 0.818. The van der Waals surface area contributed by atoms with E-state index in [4.69, 9.17) is 15.0 Å². The first-order valence-corrected chi connectivity index (χ1v) is 5.93. The molecule has 2 N–H and O–H groups in total. The van der Waals surface area contributed by atoms with Gasteiger partial charge in [-0.05, 0) is 18.8 Å². The molecule has 2 atom stereocenters. The normalized spacial score (nSPS) is 22.5. The highest BCUT2D eigenvalue weighted by atomic mass is 16.5. The largest absolute Gasteiger partial charge is 0.381 e. The molecule has 0 spiro atoms. The summed E-state index contributed by atoms with van der Waals surface area (Å²) in [4.78, 5) is 4.40. The Kier molecular flexibility index (Phi) is 3.90. The molecule has 5 nitrogen and oxygen atoms in total. The monoisotopic (exact) mass is 225 g/mol. The molecule has 1 aromatic rings. The lowest BCUT2D eigenvalue weighted by Crippen LogP contribution is -2.12. The van der Waals surface area contributed by atoms with E-state index in [2.05, 4.69) is 17.1 Å². The Morgan fingerprint density at radius 2 is 2.44 bits per heavy atom. The van der Waals surface area contributed by atoms with Crippen molar-refractivity contribution in [1.82, 2.24) is 10.1 Å². The molecule has 16 heavy (non-hydrogen) atoms. The van der Waals surface area contributed by atoms with Crippen molar-refractivity contribution < 1.29 is 9.26 Å². The van der Waals surface area contributed by atoms with Crippen LogP contribution in [0.4, 0.5) is 0 Å². The SMILES string of the molecule is CCC(CN)c1nc(CC2CCOC2)no1. The van der Waals surface area contributed by atoms with Crippen LogP contribution >= 0.6 is 0 Å². The van der Waals surface area contributed by atoms with Gasteiger partial charge in [-0.25, -0.2) is 0 Å². The van der Waals surface area contributed by atoms with E-state index in [9.17, 15) is 0 Å². The predicted octanol–water partition coefficient (Wildman–Crippen LogP) is 1.10. The van der Waals surface area contributed by atoms with Gasteiger partial charge in [-0.3, -0.25) is 0 Å². The maximum atomic E-state index is 5.64. The standard InChI is InChI=1S/C11H19N3O2/c1-2-9(6-12)11-13-10(14-16-11)5-8-3-4-15-7-8/h8-9H,2-7,12H2,1H3. The molecule has 1 aliphatic heterocycles. The van der Waals surface area contributed by atoms with Gasteiger partial charge in [0.2, 0.25) is 5.89 Å². The summed E-state index contributed by atoms with van der Waals surface area (Å²) in [7, 11) is 0. The average molecular weight is 225 g/mol. The van der Waals surface area contributed by atoms with Crippen LogP contribution in [0.25, 0.3) is 0 Å². The molecule has 2 heterocycles. The molecule has 0 saturated carbocycles. The van der Waals surface area contributed by atoms with Crippen LogP contribution in [-0.2, 0) is 11.2 Å². The molecule has 0 aliphatic carbocycles. The smallest absolute Gasteiger partial charge is 0.231 e. The Morgan fingerprint density at radius 1 is 1.56 bits per heavy atom. The lowest BCUT2D eigenvalue weighted by atomic mass is 10.0. The van der Waals surface area contributed by atoms with Crippen molar-refractivity contribution in [3.05, 3.63) is 11.7 Å². The molecule has 1 fully saturated rings. The van der Waals surface area contributed by atoms with E-state index < -0.39 is 0 Å². The van der Waals surface area contributed by atoms with Gasteiger partial charge in [0.05, 0.1) is 5.92 Å². The molecule has 0 amide bonds. The minimum Gasteiger partial charge on any atom is -0.381 e. The van der Waals surface area contributed by atoms with Crippen LogP contribution in [0.2, 0.25) is 0 Å². The minimum absolute atomic E-state index is 0.195. The Morgan fingerprint density at radius 3 is 3.06 bits per heavy atom. The molecular formula is C11H19N3O2. The quantitative estimate of drug-likeness (QED) is 0.812. The van der Waals surface area contributed by atoms with Gasteiger partial charge < -0.3 is 15.0 Å². The third-order valence-electron chi connectivity index (χ3n) is 3.11. The lowest BCUT2D eigenvalue weighted by Gasteiger charge is -2.04. The number of aromatic nitrogens is 2. The summed E-state index contributed by atoms with van der Waals surface area (Å²) >= 11 is 0. The Labute approximate surface area is 95.3 Å². The number of ether oxygens (including phenoxy) is 1. The van der Waals surface area contributed by atoms with Gasteiger partial charge in [-0.1, -0.05) is 12.1 Å². The molecule has 0 bridgehead atoms. The van der Waals surface area contributed by atoms with E-state index in [1.165, 1.54) is 0 Å². The zero-order valence-electron chi connectivity index (χ0n) is 9.69. The minimum atomic E-state index is 0.195. The molecule has 2 unspecified atom stereocenters. The second-order valence-electron chi connectivity index (χ2n) is 4.32. The molecule has 1 aliphatic rings. The highest BCUT2D eigenvalue weighted by molar-refractivity contribution is 4.95. The summed E-state index contributed by atoms with van der Waals surface area (Å²) in [6.45, 7) is 4.31. The zero-order chi connectivity index (χ0) is 11.4. The number of hydrogen-bond donors (Lipinski definition) is 1. The van der Waals surface area contributed by atoms with Gasteiger partial charge in [-0.2, -0.15) is 4.98 Å². The van der Waals surface area contributed by atoms with Crippen LogP contribution in [0.3, 0.4) is 0 Å². The molecule has 0 radical (unpaired) electrons. The van der Waals surface area contributed by atoms with Gasteiger partial charge in [-0.15, -0.1) is 0 Å². The molecule has 1 aromatic heterocycles. The Balaban J connectivity index is 1.95. The van der Waals surface area contributed by atoms with Crippen molar-refractivity contribution in [1.29, 1.82) is 0 Å². The van der Waals surface area contributed by atoms with E-state index in [-0.39, 0.29) is 5.92 Å². The summed E-state index contributed by atoms with van der Waals surface area (Å²) in [5.74, 6) is 2.21. The molecule has 5 heteroatoms. The summed E-state index contributed by atoms with van der Waals surface area (Å²) in [5.41, 5.74) is 5.64. The van der Waals surface area contributed by atoms with Gasteiger partial charge in [0.25, 0.3) is 0 Å². The van der Waals surface area contributed by atoms with Gasteiger partial charge in [0, 0.05) is 26.2 Å². The van der Waals surface area contributed by atoms with Crippen LogP contribution in [0.15, 0.2) is 4.52 Å². The second kappa shape index (κ2) is 5.41. The van der Waals surface area contributed by atoms with Crippen LogP contribution in [0, 0.1) is 5.92 Å². The average Bonchev–Trinajstić information content (AvgIpc) is 2.93. The topological polar surface area (TPSA) is 74.2 Å². The summed E-state index contributed by atoms with van der Waals surface area (Å²) < 4.78 is 10.6. The molecular weight excluding hydrogens is 206 g/mol. The summed E-state index contributed by atoms with van der Waals surface area (Å²) in [6, 6.07) is 0. The fourth-order valence-electron chi connectivity index (χ4n) is 1.96. The van der Waals surface area contributed by atoms with Crippen molar-refractivity contribution in [3.63, 3.8) is 0 Å². The van der Waals surface area contributed by atoms with E-state index >= 15 is 0 Å². The maximum Gasteiger partial charge on any atom is 0.231 e. The van der Waals surface area contributed by atoms with Crippen molar-refractivity contribution >= 4 is 0 Å². The van der Waals surface area contributed by atoms with Crippen molar-refractivity contribution in [2.45, 2.75) is 32.1 Å². The van der Waals surface area contributed by atoms with Crippen LogP contribution in [-0.4, -0.2) is 29.9 Å². The third-order valence-corrected chi connectivity index (χ3v) is 3.11. The number of hydrogen-bond acceptors (Lipinski definition) is 5. The summed E-state index contributed by atoms with van der Waals surface area (Å²) in [5, 5.41) is 4.00. The first-order valence-electron chi connectivity index (χ1n) is 5.93. The first-order chi connectivity index (χ1) is 7.83. The molecule has 0 aromatic carbocycles. The van der Waals surface area contributed by atoms with Crippen molar-refractivity contribution in [3.8, 4) is 0 Å². The van der Waals surface area contributed by atoms with Gasteiger partial charge >= 0.3 is 0 Å². The fourth-order valence-corrected chi connectivity index (χ4v) is 1.96. The second-order valence-corrected chi connectivity index (χ2v) is 4.32. The lowest BCUT2D eigenvalue weighted by molar-refractivity contribution is 0.185. The number of rotatable bonds is 5. The van der Waals surface area contributed by atoms with E-state index in [0.29, 0.717) is 18.4 Å². The van der Waals surface area contributed by atoms with Crippen LogP contribution < -0.4 is 5.73 Å². The molecule has 90 valence electrons. The summed E-state index contributed by atoms with van der Waals surface area (Å²) in [6.07, 6.45) is 2.88. The van der Waals surface area contributed by atoms with Crippen molar-refractivity contribution in [2.24, 2.45) is 11.7 Å². The first kappa shape index (κ1) is 11.5. The van der Waals surface area contributed by atoms with Crippen LogP contribution in [0.5, 0.6) is 0 Å². The number of nitrogens with two attached hydrogens (primary N) is 1. The van der Waals surface area contributed by atoms with Crippen LogP contribution in [0.1, 0.15) is 37.4 Å². The third kappa shape index (κ3) is 2.59. The number of nitrogens with zero attached hydrogens (tertiary/aromatic N) is 2. The van der Waals surface area contributed by atoms with Crippen molar-refractivity contribution in [2.75, 3.05) is 19.8 Å². The van der Waals surface area contributed by atoms with E-state index in [0.717, 1.165) is 38.3 Å². The van der Waals surface area contributed by atoms with E-state index in [1.54, 1.807) is 0 Å². The Bertz CT molecular complexity index is 317. The maximum absolute atomic E-state index is 5.64. The predicted molar refractivity (Wildman–Crippen MR) is 59.0 cm³/mol. The molecule has 2 rings (SSSR count). The Hall–Kier alpha value is -0.940. The highest BCUT2D eigenvalue weighted by Gasteiger charge is 2.21. The van der Waals surface area contributed by atoms with E-state index in [1.807, 2.05) is 0 Å². The van der Waals surface area contributed by atoms with Gasteiger partial charge in [0.15, 0.2) is 5.82 Å². The highest BCUT2D eigenvalue weighted by Crippen LogP contribution is 2.19. The van der Waals surface area contributed by atoms with Gasteiger partial charge in [0.1, 0.15) is 0 Å². The zero-order valence-corrected chi connectivity index (χ0v) is 9.69.